The minimum Gasteiger partial charge on any atom is -0.610 e. The maximum atomic E-state index is 12.3. The van der Waals surface area contributed by atoms with Gasteiger partial charge in [-0.2, -0.15) is 4.98 Å². The quantitative estimate of drug-likeness (QED) is 0.782. The molecule has 1 fully saturated rings. The Morgan fingerprint density at radius 1 is 1.47 bits per heavy atom. The van der Waals surface area contributed by atoms with Crippen molar-refractivity contribution >= 4 is 32.9 Å². The zero-order valence-electron chi connectivity index (χ0n) is 10.8. The fraction of sp³-hybridized carbons (Fsp3) is 0.545. The maximum absolute atomic E-state index is 12.3. The number of ether oxygens (including phenoxy) is 1. The van der Waals surface area contributed by atoms with E-state index in [1.54, 1.807) is 20.4 Å². The molecular weight excluding hydrogens is 286 g/mol. The monoisotopic (exact) mass is 299 g/mol. The molecule has 0 radical (unpaired) electrons. The van der Waals surface area contributed by atoms with Crippen LogP contribution in [0.5, 0.6) is 0 Å². The summed E-state index contributed by atoms with van der Waals surface area (Å²) in [6.45, 7) is 0. The summed E-state index contributed by atoms with van der Waals surface area (Å²) < 4.78 is 18.9. The lowest BCUT2D eigenvalue weighted by Gasteiger charge is -2.15. The molecule has 0 aliphatic heterocycles. The molecular formula is C11H13N3O3S2. The van der Waals surface area contributed by atoms with Crippen LogP contribution in [0, 0.1) is 0 Å². The summed E-state index contributed by atoms with van der Waals surface area (Å²) in [7, 11) is 3.30. The molecule has 0 N–H and O–H groups in total. The SMILES string of the molecule is COC1(c2nc3sc([S+](C)[O-])nc3c(=O)n2C)CC1. The van der Waals surface area contributed by atoms with Gasteiger partial charge in [-0.3, -0.25) is 9.36 Å². The minimum atomic E-state index is -1.20. The first-order chi connectivity index (χ1) is 8.98. The summed E-state index contributed by atoms with van der Waals surface area (Å²) in [5.74, 6) is 0.629. The Morgan fingerprint density at radius 2 is 2.16 bits per heavy atom. The van der Waals surface area contributed by atoms with E-state index in [1.165, 1.54) is 15.9 Å². The zero-order chi connectivity index (χ0) is 13.8. The molecule has 2 aromatic heterocycles. The highest BCUT2D eigenvalue weighted by Crippen LogP contribution is 2.47. The Kier molecular flexibility index (Phi) is 2.93. The van der Waals surface area contributed by atoms with E-state index in [4.69, 9.17) is 4.74 Å². The molecule has 2 heterocycles. The lowest BCUT2D eigenvalue weighted by molar-refractivity contribution is 0.0678. The summed E-state index contributed by atoms with van der Waals surface area (Å²) >= 11 is 0.00311. The van der Waals surface area contributed by atoms with Crippen molar-refractivity contribution in [1.29, 1.82) is 0 Å². The molecule has 0 aromatic carbocycles. The second-order valence-corrected chi connectivity index (χ2v) is 7.12. The molecule has 102 valence electrons. The van der Waals surface area contributed by atoms with Gasteiger partial charge < -0.3 is 9.29 Å². The van der Waals surface area contributed by atoms with Crippen LogP contribution < -0.4 is 5.56 Å². The lowest BCUT2D eigenvalue weighted by Crippen LogP contribution is -2.28. The third-order valence-electron chi connectivity index (χ3n) is 3.37. The van der Waals surface area contributed by atoms with Gasteiger partial charge in [0.2, 0.25) is 0 Å². The van der Waals surface area contributed by atoms with E-state index in [9.17, 15) is 9.35 Å². The molecule has 2 aromatic rings. The maximum Gasteiger partial charge on any atom is 0.304 e. The molecule has 1 saturated carbocycles. The predicted molar refractivity (Wildman–Crippen MR) is 72.9 cm³/mol. The van der Waals surface area contributed by atoms with E-state index < -0.39 is 16.8 Å². The van der Waals surface area contributed by atoms with Crippen LogP contribution in [0.25, 0.3) is 10.3 Å². The summed E-state index contributed by atoms with van der Waals surface area (Å²) in [6.07, 6.45) is 3.27. The molecule has 19 heavy (non-hydrogen) atoms. The first-order valence-corrected chi connectivity index (χ1v) is 8.12. The van der Waals surface area contributed by atoms with E-state index in [2.05, 4.69) is 9.97 Å². The Balaban J connectivity index is 2.26. The van der Waals surface area contributed by atoms with Crippen molar-refractivity contribution in [3.05, 3.63) is 16.2 Å². The van der Waals surface area contributed by atoms with Crippen molar-refractivity contribution in [2.24, 2.45) is 7.05 Å². The number of methoxy groups -OCH3 is 1. The van der Waals surface area contributed by atoms with Gasteiger partial charge in [-0.05, 0) is 24.2 Å². The third kappa shape index (κ3) is 1.90. The van der Waals surface area contributed by atoms with E-state index in [-0.39, 0.29) is 11.1 Å². The van der Waals surface area contributed by atoms with Gasteiger partial charge in [0.05, 0.1) is 0 Å². The van der Waals surface area contributed by atoms with E-state index in [1.807, 2.05) is 0 Å². The minimum absolute atomic E-state index is 0.212. The molecule has 1 atom stereocenters. The molecule has 8 heteroatoms. The van der Waals surface area contributed by atoms with E-state index in [0.29, 0.717) is 15.0 Å². The van der Waals surface area contributed by atoms with Gasteiger partial charge in [-0.15, -0.1) is 0 Å². The summed E-state index contributed by atoms with van der Waals surface area (Å²) in [5, 5.41) is 0. The molecule has 0 bridgehead atoms. The Morgan fingerprint density at radius 3 is 2.68 bits per heavy atom. The van der Waals surface area contributed by atoms with Crippen LogP contribution in [0.3, 0.4) is 0 Å². The van der Waals surface area contributed by atoms with Crippen LogP contribution in [0.4, 0.5) is 0 Å². The van der Waals surface area contributed by atoms with Crippen LogP contribution in [-0.4, -0.2) is 32.5 Å². The highest BCUT2D eigenvalue weighted by Gasteiger charge is 2.48. The predicted octanol–water partition coefficient (Wildman–Crippen LogP) is 0.763. The van der Waals surface area contributed by atoms with Crippen molar-refractivity contribution in [3.8, 4) is 0 Å². The fourth-order valence-corrected chi connectivity index (χ4v) is 3.69. The normalized spacial score (nSPS) is 18.7. The molecule has 0 spiro atoms. The second kappa shape index (κ2) is 4.27. The van der Waals surface area contributed by atoms with E-state index in [0.717, 1.165) is 12.8 Å². The first-order valence-electron chi connectivity index (χ1n) is 5.75. The lowest BCUT2D eigenvalue weighted by atomic mass is 10.3. The summed E-state index contributed by atoms with van der Waals surface area (Å²) in [4.78, 5) is 21.4. The largest absolute Gasteiger partial charge is 0.610 e. The molecule has 0 amide bonds. The van der Waals surface area contributed by atoms with Gasteiger partial charge in [0.25, 0.3) is 5.56 Å². The third-order valence-corrected chi connectivity index (χ3v) is 5.65. The number of hydrogen-bond donors (Lipinski definition) is 0. The van der Waals surface area contributed by atoms with Crippen LogP contribution in [0.2, 0.25) is 0 Å². The second-order valence-electron chi connectivity index (χ2n) is 4.59. The van der Waals surface area contributed by atoms with Crippen molar-refractivity contribution in [3.63, 3.8) is 0 Å². The van der Waals surface area contributed by atoms with Gasteiger partial charge in [0, 0.05) is 25.3 Å². The van der Waals surface area contributed by atoms with Gasteiger partial charge in [-0.1, -0.05) is 0 Å². The Labute approximate surface area is 116 Å². The number of nitrogens with zero attached hydrogens (tertiary/aromatic N) is 3. The van der Waals surface area contributed by atoms with Crippen LogP contribution >= 0.6 is 11.3 Å². The summed E-state index contributed by atoms with van der Waals surface area (Å²) in [5.41, 5.74) is -0.359. The zero-order valence-corrected chi connectivity index (χ0v) is 12.4. The van der Waals surface area contributed by atoms with Crippen molar-refractivity contribution in [2.45, 2.75) is 22.8 Å². The number of thiazole rings is 1. The van der Waals surface area contributed by atoms with Gasteiger partial charge in [0.1, 0.15) is 17.7 Å². The van der Waals surface area contributed by atoms with Gasteiger partial charge in [-0.25, -0.2) is 4.98 Å². The van der Waals surface area contributed by atoms with E-state index >= 15 is 0 Å². The van der Waals surface area contributed by atoms with Crippen molar-refractivity contribution < 1.29 is 9.29 Å². The molecule has 3 rings (SSSR count). The number of hydrogen-bond acceptors (Lipinski definition) is 6. The number of rotatable bonds is 3. The Hall–Kier alpha value is -0.960. The molecule has 1 aliphatic carbocycles. The molecule has 1 unspecified atom stereocenters. The Bertz CT molecular complexity index is 703. The molecule has 6 nitrogen and oxygen atoms in total. The van der Waals surface area contributed by atoms with Crippen LogP contribution in [0.1, 0.15) is 18.7 Å². The standard InChI is InChI=1S/C11H13N3O3S2/c1-14-8(15)6-7(18-10(12-6)19(3)16)13-9(14)11(17-2)4-5-11/h4-5H2,1-3H3. The first kappa shape index (κ1) is 13.0. The van der Waals surface area contributed by atoms with Gasteiger partial charge >= 0.3 is 4.34 Å². The van der Waals surface area contributed by atoms with Gasteiger partial charge in [0.15, 0.2) is 10.3 Å². The molecule has 0 saturated heterocycles. The summed E-state index contributed by atoms with van der Waals surface area (Å²) in [6, 6.07) is 0. The van der Waals surface area contributed by atoms with Crippen LogP contribution in [-0.2, 0) is 28.6 Å². The molecule has 1 aliphatic rings. The van der Waals surface area contributed by atoms with Crippen molar-refractivity contribution in [2.75, 3.05) is 13.4 Å². The number of fused-ring (bicyclic) bond motifs is 1. The van der Waals surface area contributed by atoms with Crippen LogP contribution in [0.15, 0.2) is 9.13 Å². The fourth-order valence-electron chi connectivity index (χ4n) is 2.10. The van der Waals surface area contributed by atoms with Crippen molar-refractivity contribution in [1.82, 2.24) is 14.5 Å². The number of aromatic nitrogens is 3. The average Bonchev–Trinajstić information content (AvgIpc) is 3.05. The highest BCUT2D eigenvalue weighted by molar-refractivity contribution is 7.92. The average molecular weight is 299 g/mol. The topological polar surface area (TPSA) is 80.1 Å². The smallest absolute Gasteiger partial charge is 0.304 e. The highest BCUT2D eigenvalue weighted by atomic mass is 32.2.